The fraction of sp³-hybridized carbons (Fsp3) is 0.111. The van der Waals surface area contributed by atoms with Crippen LogP contribution in [-0.2, 0) is 14.3 Å². The van der Waals surface area contributed by atoms with Crippen molar-refractivity contribution in [1.29, 1.82) is 0 Å². The van der Waals surface area contributed by atoms with Gasteiger partial charge in [0.05, 0.1) is 0 Å². The van der Waals surface area contributed by atoms with Gasteiger partial charge in [-0.2, -0.15) is 0 Å². The van der Waals surface area contributed by atoms with Gasteiger partial charge in [0.25, 0.3) is 5.91 Å². The second kappa shape index (κ2) is 8.40. The molecule has 1 amide bonds. The third kappa shape index (κ3) is 5.62. The molecule has 0 spiro atoms. The number of hydrogen-bond acceptors (Lipinski definition) is 3. The Kier molecular flexibility index (Phi) is 6.26. The van der Waals surface area contributed by atoms with E-state index in [-0.39, 0.29) is 0 Å². The van der Waals surface area contributed by atoms with E-state index in [0.717, 1.165) is 10.0 Å². The molecule has 0 aliphatic heterocycles. The van der Waals surface area contributed by atoms with Crippen molar-refractivity contribution < 1.29 is 18.7 Å². The molecular formula is C18H15BrFNO3. The number of amides is 1. The highest BCUT2D eigenvalue weighted by Crippen LogP contribution is 2.13. The molecule has 4 nitrogen and oxygen atoms in total. The smallest absolute Gasteiger partial charge is 0.331 e. The highest BCUT2D eigenvalue weighted by molar-refractivity contribution is 9.10. The van der Waals surface area contributed by atoms with Crippen LogP contribution in [0.25, 0.3) is 6.08 Å². The van der Waals surface area contributed by atoms with Gasteiger partial charge in [0.2, 0.25) is 0 Å². The Morgan fingerprint density at radius 2 is 1.96 bits per heavy atom. The average molecular weight is 392 g/mol. The topological polar surface area (TPSA) is 55.4 Å². The summed E-state index contributed by atoms with van der Waals surface area (Å²) in [6, 6.07) is 12.8. The van der Waals surface area contributed by atoms with Crippen molar-refractivity contribution in [2.45, 2.75) is 13.0 Å². The van der Waals surface area contributed by atoms with Crippen LogP contribution < -0.4 is 5.32 Å². The Morgan fingerprint density at radius 3 is 2.67 bits per heavy atom. The molecule has 0 fully saturated rings. The van der Waals surface area contributed by atoms with Crippen LogP contribution in [0.15, 0.2) is 59.1 Å². The summed E-state index contributed by atoms with van der Waals surface area (Å²) in [5.41, 5.74) is 1.12. The Balaban J connectivity index is 1.89. The zero-order valence-electron chi connectivity index (χ0n) is 12.8. The van der Waals surface area contributed by atoms with Crippen molar-refractivity contribution in [3.63, 3.8) is 0 Å². The maximum absolute atomic E-state index is 13.1. The van der Waals surface area contributed by atoms with Crippen molar-refractivity contribution in [2.24, 2.45) is 0 Å². The van der Waals surface area contributed by atoms with Crippen molar-refractivity contribution in [2.75, 3.05) is 5.32 Å². The zero-order chi connectivity index (χ0) is 17.5. The Bertz CT molecular complexity index is 776. The van der Waals surface area contributed by atoms with Gasteiger partial charge >= 0.3 is 5.97 Å². The Hall–Kier alpha value is -2.47. The van der Waals surface area contributed by atoms with Gasteiger partial charge in [-0.05, 0) is 48.9 Å². The van der Waals surface area contributed by atoms with E-state index in [1.165, 1.54) is 31.2 Å². The normalized spacial score (nSPS) is 12.0. The van der Waals surface area contributed by atoms with E-state index < -0.39 is 23.8 Å². The molecule has 0 aliphatic rings. The van der Waals surface area contributed by atoms with Crippen LogP contribution in [0, 0.1) is 5.82 Å². The molecule has 2 aromatic carbocycles. The highest BCUT2D eigenvalue weighted by atomic mass is 79.9. The summed E-state index contributed by atoms with van der Waals surface area (Å²) >= 11 is 3.34. The molecule has 0 bridgehead atoms. The molecule has 0 heterocycles. The SMILES string of the molecule is CC(OC(=O)/C=C/c1cccc(Br)c1)C(=O)Nc1cccc(F)c1. The van der Waals surface area contributed by atoms with Crippen molar-refractivity contribution >= 4 is 39.6 Å². The lowest BCUT2D eigenvalue weighted by atomic mass is 10.2. The summed E-state index contributed by atoms with van der Waals surface area (Å²) in [4.78, 5) is 23.7. The molecule has 6 heteroatoms. The summed E-state index contributed by atoms with van der Waals surface area (Å²) < 4.78 is 19.0. The zero-order valence-corrected chi connectivity index (χ0v) is 14.4. The first-order valence-electron chi connectivity index (χ1n) is 7.15. The number of halogens is 2. The number of carbonyl (C=O) groups is 2. The number of esters is 1. The van der Waals surface area contributed by atoms with Gasteiger partial charge in [-0.3, -0.25) is 4.79 Å². The van der Waals surface area contributed by atoms with Gasteiger partial charge in [0, 0.05) is 16.2 Å². The molecule has 0 radical (unpaired) electrons. The van der Waals surface area contributed by atoms with E-state index in [4.69, 9.17) is 4.74 Å². The van der Waals surface area contributed by atoms with Gasteiger partial charge in [-0.25, -0.2) is 9.18 Å². The number of benzene rings is 2. The predicted molar refractivity (Wildman–Crippen MR) is 93.8 cm³/mol. The third-order valence-electron chi connectivity index (χ3n) is 3.01. The number of rotatable bonds is 5. The number of nitrogens with one attached hydrogen (secondary N) is 1. The van der Waals surface area contributed by atoms with Crippen molar-refractivity contribution in [3.05, 3.63) is 70.5 Å². The third-order valence-corrected chi connectivity index (χ3v) is 3.51. The lowest BCUT2D eigenvalue weighted by molar-refractivity contribution is -0.148. The molecule has 24 heavy (non-hydrogen) atoms. The summed E-state index contributed by atoms with van der Waals surface area (Å²) in [7, 11) is 0. The summed E-state index contributed by atoms with van der Waals surface area (Å²) in [5, 5.41) is 2.48. The predicted octanol–water partition coefficient (Wildman–Crippen LogP) is 4.17. The molecule has 0 saturated heterocycles. The number of anilines is 1. The number of hydrogen-bond donors (Lipinski definition) is 1. The minimum atomic E-state index is -1.01. The fourth-order valence-electron chi connectivity index (χ4n) is 1.85. The van der Waals surface area contributed by atoms with Crippen LogP contribution in [0.5, 0.6) is 0 Å². The maximum atomic E-state index is 13.1. The van der Waals surface area contributed by atoms with Crippen molar-refractivity contribution in [3.8, 4) is 0 Å². The van der Waals surface area contributed by atoms with Gasteiger partial charge < -0.3 is 10.1 Å². The maximum Gasteiger partial charge on any atom is 0.331 e. The van der Waals surface area contributed by atoms with Gasteiger partial charge in [-0.1, -0.05) is 34.1 Å². The first-order valence-corrected chi connectivity index (χ1v) is 7.94. The first kappa shape index (κ1) is 17.9. The summed E-state index contributed by atoms with van der Waals surface area (Å²) in [6.07, 6.45) is 1.82. The average Bonchev–Trinajstić information content (AvgIpc) is 2.53. The highest BCUT2D eigenvalue weighted by Gasteiger charge is 2.16. The molecule has 0 aliphatic carbocycles. The van der Waals surface area contributed by atoms with Crippen molar-refractivity contribution in [1.82, 2.24) is 0 Å². The van der Waals surface area contributed by atoms with Crippen LogP contribution >= 0.6 is 15.9 Å². The molecule has 0 aromatic heterocycles. The van der Waals surface area contributed by atoms with E-state index in [1.54, 1.807) is 12.1 Å². The Labute approximate surface area is 147 Å². The van der Waals surface area contributed by atoms with Crippen LogP contribution in [0.4, 0.5) is 10.1 Å². The second-order valence-electron chi connectivity index (χ2n) is 4.97. The summed E-state index contributed by atoms with van der Waals surface area (Å²) in [5.74, 6) is -1.64. The summed E-state index contributed by atoms with van der Waals surface area (Å²) in [6.45, 7) is 1.44. The molecule has 1 N–H and O–H groups in total. The van der Waals surface area contributed by atoms with Crippen LogP contribution in [0.3, 0.4) is 0 Å². The lowest BCUT2D eigenvalue weighted by Crippen LogP contribution is -2.29. The fourth-order valence-corrected chi connectivity index (χ4v) is 2.27. The van der Waals surface area contributed by atoms with Gasteiger partial charge in [-0.15, -0.1) is 0 Å². The van der Waals surface area contributed by atoms with Crippen LogP contribution in [0.1, 0.15) is 12.5 Å². The molecule has 124 valence electrons. The van der Waals surface area contributed by atoms with Crippen LogP contribution in [0.2, 0.25) is 0 Å². The molecular weight excluding hydrogens is 377 g/mol. The van der Waals surface area contributed by atoms with Crippen LogP contribution in [-0.4, -0.2) is 18.0 Å². The van der Waals surface area contributed by atoms with E-state index in [9.17, 15) is 14.0 Å². The number of ether oxygens (including phenoxy) is 1. The molecule has 2 rings (SSSR count). The molecule has 1 unspecified atom stereocenters. The number of carbonyl (C=O) groups excluding carboxylic acids is 2. The van der Waals surface area contributed by atoms with Gasteiger partial charge in [0.1, 0.15) is 5.82 Å². The molecule has 1 atom stereocenters. The monoisotopic (exact) mass is 391 g/mol. The largest absolute Gasteiger partial charge is 0.449 e. The van der Waals surface area contributed by atoms with E-state index in [0.29, 0.717) is 5.69 Å². The van der Waals surface area contributed by atoms with E-state index in [2.05, 4.69) is 21.2 Å². The molecule has 0 saturated carbocycles. The quantitative estimate of drug-likeness (QED) is 0.614. The standard InChI is InChI=1S/C18H15BrFNO3/c1-12(18(23)21-16-7-3-6-15(20)11-16)24-17(22)9-8-13-4-2-5-14(19)10-13/h2-12H,1H3,(H,21,23)/b9-8+. The van der Waals surface area contributed by atoms with E-state index >= 15 is 0 Å². The minimum absolute atomic E-state index is 0.299. The Morgan fingerprint density at radius 1 is 1.21 bits per heavy atom. The lowest BCUT2D eigenvalue weighted by Gasteiger charge is -2.12. The minimum Gasteiger partial charge on any atom is -0.449 e. The van der Waals surface area contributed by atoms with E-state index in [1.807, 2.05) is 24.3 Å². The second-order valence-corrected chi connectivity index (χ2v) is 5.88. The molecule has 2 aromatic rings. The first-order chi connectivity index (χ1) is 11.4. The van der Waals surface area contributed by atoms with Gasteiger partial charge in [0.15, 0.2) is 6.10 Å².